The number of aromatic nitrogens is 5. The van der Waals surface area contributed by atoms with Crippen molar-refractivity contribution >= 4 is 28.6 Å². The van der Waals surface area contributed by atoms with Crippen molar-refractivity contribution in [3.8, 4) is 11.3 Å². The molecule has 0 aliphatic carbocycles. The van der Waals surface area contributed by atoms with Crippen LogP contribution in [0.2, 0.25) is 0 Å². The molecular formula is C24H22F4N8O. The summed E-state index contributed by atoms with van der Waals surface area (Å²) in [5.74, 6) is -0.747. The minimum Gasteiger partial charge on any atom is -0.369 e. The van der Waals surface area contributed by atoms with E-state index in [0.717, 1.165) is 5.56 Å². The summed E-state index contributed by atoms with van der Waals surface area (Å²) in [4.78, 5) is 32.7. The monoisotopic (exact) mass is 514 g/mol. The van der Waals surface area contributed by atoms with Gasteiger partial charge in [0, 0.05) is 55.1 Å². The van der Waals surface area contributed by atoms with Crippen molar-refractivity contribution in [1.82, 2.24) is 30.2 Å². The van der Waals surface area contributed by atoms with E-state index in [4.69, 9.17) is 0 Å². The molecule has 1 atom stereocenters. The summed E-state index contributed by atoms with van der Waals surface area (Å²) >= 11 is 0. The van der Waals surface area contributed by atoms with Gasteiger partial charge in [0.05, 0.1) is 16.8 Å². The molecule has 4 aromatic rings. The minimum atomic E-state index is -4.38. The number of fused-ring (bicyclic) bond motifs is 1. The zero-order valence-electron chi connectivity index (χ0n) is 19.8. The molecule has 13 heteroatoms. The summed E-state index contributed by atoms with van der Waals surface area (Å²) < 4.78 is 51.7. The number of amides is 1. The highest BCUT2D eigenvalue weighted by Gasteiger charge is 2.27. The highest BCUT2D eigenvalue weighted by Crippen LogP contribution is 2.29. The van der Waals surface area contributed by atoms with Gasteiger partial charge in [-0.1, -0.05) is 13.0 Å². The maximum absolute atomic E-state index is 14.6. The Bertz CT molecular complexity index is 1410. The van der Waals surface area contributed by atoms with Crippen molar-refractivity contribution in [2.45, 2.75) is 19.0 Å². The van der Waals surface area contributed by atoms with Crippen LogP contribution in [0, 0.1) is 5.82 Å². The second kappa shape index (κ2) is 10.7. The zero-order valence-corrected chi connectivity index (χ0v) is 19.8. The molecule has 1 amide bonds. The van der Waals surface area contributed by atoms with E-state index in [1.165, 1.54) is 44.1 Å². The Morgan fingerprint density at radius 3 is 2.49 bits per heavy atom. The average molecular weight is 514 g/mol. The second-order valence-corrected chi connectivity index (χ2v) is 8.13. The Morgan fingerprint density at radius 1 is 1.03 bits per heavy atom. The van der Waals surface area contributed by atoms with Crippen LogP contribution in [0.4, 0.5) is 29.3 Å². The third-order valence-electron chi connectivity index (χ3n) is 5.53. The number of pyridine rings is 1. The number of halogens is 4. The van der Waals surface area contributed by atoms with E-state index >= 15 is 0 Å². The largest absolute Gasteiger partial charge is 0.405 e. The normalized spacial score (nSPS) is 12.3. The van der Waals surface area contributed by atoms with Gasteiger partial charge in [-0.25, -0.2) is 24.3 Å². The summed E-state index contributed by atoms with van der Waals surface area (Å²) in [6, 6.07) is 6.08. The molecule has 3 aromatic heterocycles. The quantitative estimate of drug-likeness (QED) is 0.300. The lowest BCUT2D eigenvalue weighted by Gasteiger charge is -2.17. The van der Waals surface area contributed by atoms with Crippen LogP contribution in [0.3, 0.4) is 0 Å². The molecule has 1 aromatic carbocycles. The van der Waals surface area contributed by atoms with E-state index in [0.29, 0.717) is 29.1 Å². The fourth-order valence-corrected chi connectivity index (χ4v) is 3.68. The lowest BCUT2D eigenvalue weighted by atomic mass is 9.95. The van der Waals surface area contributed by atoms with Crippen molar-refractivity contribution < 1.29 is 22.4 Å². The summed E-state index contributed by atoms with van der Waals surface area (Å²) in [6.07, 6.45) is 1.15. The number of anilines is 2. The second-order valence-electron chi connectivity index (χ2n) is 8.13. The predicted octanol–water partition coefficient (Wildman–Crippen LogP) is 4.17. The van der Waals surface area contributed by atoms with Gasteiger partial charge >= 0.3 is 6.18 Å². The maximum Gasteiger partial charge on any atom is 0.405 e. The van der Waals surface area contributed by atoms with Gasteiger partial charge in [0.15, 0.2) is 0 Å². The third kappa shape index (κ3) is 6.05. The topological polar surface area (TPSA) is 118 Å². The highest BCUT2D eigenvalue weighted by atomic mass is 19.4. The van der Waals surface area contributed by atoms with Crippen LogP contribution in [-0.4, -0.2) is 57.1 Å². The Morgan fingerprint density at radius 2 is 1.78 bits per heavy atom. The number of hydrogen-bond donors (Lipinski definition) is 3. The Kier molecular flexibility index (Phi) is 7.41. The molecule has 0 aliphatic heterocycles. The van der Waals surface area contributed by atoms with Gasteiger partial charge in [0.2, 0.25) is 5.95 Å². The standard InChI is InChI=1S/C24H22F4N8O/c1-13(15-3-4-17(25)20-16(22(37)29-2)5-6-30-21(15)20)8-31-19-7-18(35-12-36-19)14-9-32-23(33-10-14)34-11-24(26,27)28/h3-7,9-10,12-13H,8,11H2,1-2H3,(H,29,37)(H,31,35,36)(H,32,33,34)/t13-/m1/s1. The van der Waals surface area contributed by atoms with Gasteiger partial charge in [-0.15, -0.1) is 0 Å². The van der Waals surface area contributed by atoms with E-state index in [2.05, 4.69) is 40.9 Å². The first kappa shape index (κ1) is 25.7. The number of nitrogens with one attached hydrogen (secondary N) is 3. The maximum atomic E-state index is 14.6. The first-order valence-electron chi connectivity index (χ1n) is 11.1. The van der Waals surface area contributed by atoms with Crippen LogP contribution >= 0.6 is 0 Å². The molecule has 37 heavy (non-hydrogen) atoms. The molecule has 0 aliphatic rings. The molecule has 0 fully saturated rings. The summed E-state index contributed by atoms with van der Waals surface area (Å²) in [5, 5.41) is 7.98. The lowest BCUT2D eigenvalue weighted by Crippen LogP contribution is -2.22. The van der Waals surface area contributed by atoms with Crippen molar-refractivity contribution in [2.75, 3.05) is 30.8 Å². The first-order chi connectivity index (χ1) is 17.7. The van der Waals surface area contributed by atoms with E-state index in [9.17, 15) is 22.4 Å². The number of rotatable bonds is 8. The molecule has 0 saturated heterocycles. The summed E-state index contributed by atoms with van der Waals surface area (Å²) in [7, 11) is 1.48. The van der Waals surface area contributed by atoms with Gasteiger partial charge in [0.1, 0.15) is 24.5 Å². The predicted molar refractivity (Wildman–Crippen MR) is 130 cm³/mol. The molecule has 9 nitrogen and oxygen atoms in total. The van der Waals surface area contributed by atoms with Gasteiger partial charge in [0.25, 0.3) is 5.91 Å². The SMILES string of the molecule is CNC(=O)c1ccnc2c([C@H](C)CNc3cc(-c4cnc(NCC(F)(F)F)nc4)ncn3)ccc(F)c12. The average Bonchev–Trinajstić information content (AvgIpc) is 2.90. The first-order valence-corrected chi connectivity index (χ1v) is 11.1. The van der Waals surface area contributed by atoms with Crippen molar-refractivity contribution in [3.05, 3.63) is 66.1 Å². The Labute approximate surface area is 208 Å². The highest BCUT2D eigenvalue weighted by molar-refractivity contribution is 6.06. The fourth-order valence-electron chi connectivity index (χ4n) is 3.68. The van der Waals surface area contributed by atoms with Crippen LogP contribution < -0.4 is 16.0 Å². The number of carbonyl (C=O) groups excluding carboxylic acids is 1. The van der Waals surface area contributed by atoms with Crippen LogP contribution in [-0.2, 0) is 0 Å². The van der Waals surface area contributed by atoms with E-state index in [-0.39, 0.29) is 22.8 Å². The van der Waals surface area contributed by atoms with Crippen molar-refractivity contribution in [2.24, 2.45) is 0 Å². The van der Waals surface area contributed by atoms with Gasteiger partial charge in [-0.3, -0.25) is 9.78 Å². The summed E-state index contributed by atoms with van der Waals surface area (Å²) in [5.41, 5.74) is 2.31. The van der Waals surface area contributed by atoms with E-state index in [1.54, 1.807) is 12.1 Å². The van der Waals surface area contributed by atoms with Gasteiger partial charge in [-0.2, -0.15) is 13.2 Å². The van der Waals surface area contributed by atoms with Crippen LogP contribution in [0.25, 0.3) is 22.2 Å². The van der Waals surface area contributed by atoms with E-state index in [1.807, 2.05) is 6.92 Å². The molecule has 3 N–H and O–H groups in total. The smallest absolute Gasteiger partial charge is 0.369 e. The van der Waals surface area contributed by atoms with E-state index < -0.39 is 24.4 Å². The summed E-state index contributed by atoms with van der Waals surface area (Å²) in [6.45, 7) is 1.09. The molecular weight excluding hydrogens is 492 g/mol. The number of alkyl halides is 3. The van der Waals surface area contributed by atoms with Gasteiger partial charge < -0.3 is 16.0 Å². The Balaban J connectivity index is 1.49. The van der Waals surface area contributed by atoms with Crippen molar-refractivity contribution in [3.63, 3.8) is 0 Å². The van der Waals surface area contributed by atoms with Crippen LogP contribution in [0.15, 0.2) is 49.2 Å². The molecule has 0 bridgehead atoms. The Hall–Kier alpha value is -4.42. The number of hydrogen-bond acceptors (Lipinski definition) is 8. The number of benzene rings is 1. The molecule has 0 unspecified atom stereocenters. The number of carbonyl (C=O) groups is 1. The van der Waals surface area contributed by atoms with Crippen molar-refractivity contribution in [1.29, 1.82) is 0 Å². The fraction of sp³-hybridized carbons (Fsp3) is 0.250. The lowest BCUT2D eigenvalue weighted by molar-refractivity contribution is -0.115. The number of nitrogens with zero attached hydrogens (tertiary/aromatic N) is 5. The molecule has 0 radical (unpaired) electrons. The van der Waals surface area contributed by atoms with Gasteiger partial charge in [-0.05, 0) is 17.7 Å². The van der Waals surface area contributed by atoms with Crippen LogP contribution in [0.1, 0.15) is 28.8 Å². The van der Waals surface area contributed by atoms with Crippen LogP contribution in [0.5, 0.6) is 0 Å². The molecule has 0 saturated carbocycles. The molecule has 192 valence electrons. The zero-order chi connectivity index (χ0) is 26.6. The molecule has 4 rings (SSSR count). The third-order valence-corrected chi connectivity index (χ3v) is 5.53. The molecule has 0 spiro atoms. The molecule has 3 heterocycles. The minimum absolute atomic E-state index is 0.142.